The molecule has 0 aliphatic rings. The molecule has 0 amide bonds. The molecule has 2 rings (SSSR count). The van der Waals surface area contributed by atoms with E-state index in [4.69, 9.17) is 9.47 Å². The number of aryl methyl sites for hydroxylation is 2. The molecule has 0 fully saturated rings. The molecule has 23 heavy (non-hydrogen) atoms. The highest BCUT2D eigenvalue weighted by atomic mass is 32.2. The van der Waals surface area contributed by atoms with Crippen LogP contribution in [0.1, 0.15) is 21.4 Å². The SMILES string of the molecule is COc1ccc(S(=O)(=O)NCC(OC)c2ccc(C)s2)c(C)c1. The molecule has 1 aromatic heterocycles. The summed E-state index contributed by atoms with van der Waals surface area (Å²) in [5, 5.41) is 0. The molecule has 0 bridgehead atoms. The number of hydrogen-bond donors (Lipinski definition) is 1. The number of hydrogen-bond acceptors (Lipinski definition) is 5. The molecule has 1 aromatic carbocycles. The van der Waals surface area contributed by atoms with Crippen molar-refractivity contribution in [3.05, 3.63) is 45.6 Å². The Kier molecular flexibility index (Phi) is 5.80. The van der Waals surface area contributed by atoms with Crippen LogP contribution >= 0.6 is 11.3 Å². The minimum atomic E-state index is -3.60. The minimum Gasteiger partial charge on any atom is -0.497 e. The Labute approximate surface area is 141 Å². The Hall–Kier alpha value is -1.41. The number of rotatable bonds is 7. The lowest BCUT2D eigenvalue weighted by atomic mass is 10.2. The Balaban J connectivity index is 2.14. The number of ether oxygens (including phenoxy) is 2. The van der Waals surface area contributed by atoms with Crippen molar-refractivity contribution >= 4 is 21.4 Å². The van der Waals surface area contributed by atoms with E-state index >= 15 is 0 Å². The number of nitrogens with one attached hydrogen (secondary N) is 1. The lowest BCUT2D eigenvalue weighted by Crippen LogP contribution is -2.29. The van der Waals surface area contributed by atoms with E-state index in [9.17, 15) is 8.42 Å². The molecular formula is C16H21NO4S2. The van der Waals surface area contributed by atoms with Gasteiger partial charge < -0.3 is 9.47 Å². The standard InChI is InChI=1S/C16H21NO4S2/c1-11-9-13(20-3)6-8-16(11)23(18,19)17-10-14(21-4)15-7-5-12(2)22-15/h5-9,14,17H,10H2,1-4H3. The maximum Gasteiger partial charge on any atom is 0.240 e. The van der Waals surface area contributed by atoms with E-state index in [1.165, 1.54) is 0 Å². The molecule has 0 saturated carbocycles. The third-order valence-electron chi connectivity index (χ3n) is 3.49. The van der Waals surface area contributed by atoms with Gasteiger partial charge in [0.15, 0.2) is 0 Å². The molecule has 2 aromatic rings. The first-order valence-corrected chi connectivity index (χ1v) is 9.41. The lowest BCUT2D eigenvalue weighted by molar-refractivity contribution is 0.110. The topological polar surface area (TPSA) is 64.6 Å². The molecule has 1 heterocycles. The number of benzene rings is 1. The number of methoxy groups -OCH3 is 2. The first-order valence-electron chi connectivity index (χ1n) is 7.11. The summed E-state index contributed by atoms with van der Waals surface area (Å²) in [5.41, 5.74) is 0.637. The van der Waals surface area contributed by atoms with Gasteiger partial charge >= 0.3 is 0 Å². The van der Waals surface area contributed by atoms with Gasteiger partial charge in [0, 0.05) is 23.4 Å². The molecule has 1 unspecified atom stereocenters. The molecule has 1 atom stereocenters. The highest BCUT2D eigenvalue weighted by Gasteiger charge is 2.20. The first-order chi connectivity index (χ1) is 10.9. The van der Waals surface area contributed by atoms with Crippen LogP contribution in [0.2, 0.25) is 0 Å². The highest BCUT2D eigenvalue weighted by Crippen LogP contribution is 2.26. The van der Waals surface area contributed by atoms with E-state index in [2.05, 4.69) is 4.72 Å². The zero-order valence-corrected chi connectivity index (χ0v) is 15.3. The summed E-state index contributed by atoms with van der Waals surface area (Å²) in [6.07, 6.45) is -0.304. The Morgan fingerprint density at radius 1 is 1.17 bits per heavy atom. The van der Waals surface area contributed by atoms with Gasteiger partial charge in [0.05, 0.1) is 12.0 Å². The van der Waals surface area contributed by atoms with Gasteiger partial charge in [-0.15, -0.1) is 11.3 Å². The summed E-state index contributed by atoms with van der Waals surface area (Å²) in [4.78, 5) is 2.41. The van der Waals surface area contributed by atoms with Crippen LogP contribution in [0.5, 0.6) is 5.75 Å². The van der Waals surface area contributed by atoms with Gasteiger partial charge in [-0.05, 0) is 49.7 Å². The molecule has 0 saturated heterocycles. The van der Waals surface area contributed by atoms with E-state index in [0.29, 0.717) is 11.3 Å². The third-order valence-corrected chi connectivity index (χ3v) is 6.17. The quantitative estimate of drug-likeness (QED) is 0.829. The van der Waals surface area contributed by atoms with Crippen molar-refractivity contribution in [1.82, 2.24) is 4.72 Å². The van der Waals surface area contributed by atoms with Gasteiger partial charge in [-0.25, -0.2) is 13.1 Å². The van der Waals surface area contributed by atoms with Gasteiger partial charge in [-0.3, -0.25) is 0 Å². The monoisotopic (exact) mass is 355 g/mol. The summed E-state index contributed by atoms with van der Waals surface area (Å²) in [5.74, 6) is 0.630. The largest absolute Gasteiger partial charge is 0.497 e. The lowest BCUT2D eigenvalue weighted by Gasteiger charge is -2.16. The van der Waals surface area contributed by atoms with Crippen molar-refractivity contribution in [2.75, 3.05) is 20.8 Å². The molecule has 0 aliphatic carbocycles. The van der Waals surface area contributed by atoms with Gasteiger partial charge in [0.25, 0.3) is 0 Å². The van der Waals surface area contributed by atoms with Crippen LogP contribution in [-0.2, 0) is 14.8 Å². The third kappa shape index (κ3) is 4.32. The fourth-order valence-corrected chi connectivity index (χ4v) is 4.45. The smallest absolute Gasteiger partial charge is 0.240 e. The van der Waals surface area contributed by atoms with E-state index in [1.807, 2.05) is 19.1 Å². The van der Waals surface area contributed by atoms with Crippen molar-refractivity contribution in [1.29, 1.82) is 0 Å². The zero-order valence-electron chi connectivity index (χ0n) is 13.6. The predicted octanol–water partition coefficient (Wildman–Crippen LogP) is 3.04. The van der Waals surface area contributed by atoms with Crippen molar-refractivity contribution in [3.8, 4) is 5.75 Å². The summed E-state index contributed by atoms with van der Waals surface area (Å²) >= 11 is 1.60. The van der Waals surface area contributed by atoms with Gasteiger partial charge in [0.2, 0.25) is 10.0 Å². The summed E-state index contributed by atoms with van der Waals surface area (Å²) in [7, 11) is -0.478. The van der Waals surface area contributed by atoms with Crippen molar-refractivity contribution in [2.45, 2.75) is 24.8 Å². The maximum atomic E-state index is 12.5. The zero-order chi connectivity index (χ0) is 17.0. The Morgan fingerprint density at radius 2 is 1.91 bits per heavy atom. The summed E-state index contributed by atoms with van der Waals surface area (Å²) < 4.78 is 38.2. The van der Waals surface area contributed by atoms with Crippen LogP contribution in [-0.4, -0.2) is 29.2 Å². The molecule has 1 N–H and O–H groups in total. The predicted molar refractivity (Wildman–Crippen MR) is 91.7 cm³/mol. The maximum absolute atomic E-state index is 12.5. The van der Waals surface area contributed by atoms with Gasteiger partial charge in [-0.2, -0.15) is 0 Å². The van der Waals surface area contributed by atoms with Crippen LogP contribution in [0, 0.1) is 13.8 Å². The Morgan fingerprint density at radius 3 is 2.43 bits per heavy atom. The Bertz CT molecular complexity index is 768. The summed E-state index contributed by atoms with van der Waals surface area (Å²) in [6, 6.07) is 8.84. The number of sulfonamides is 1. The van der Waals surface area contributed by atoms with Gasteiger partial charge in [-0.1, -0.05) is 0 Å². The van der Waals surface area contributed by atoms with Gasteiger partial charge in [0.1, 0.15) is 11.9 Å². The molecule has 5 nitrogen and oxygen atoms in total. The van der Waals surface area contributed by atoms with E-state index < -0.39 is 10.0 Å². The van der Waals surface area contributed by atoms with Crippen molar-refractivity contribution in [2.24, 2.45) is 0 Å². The number of thiophene rings is 1. The molecular weight excluding hydrogens is 334 g/mol. The van der Waals surface area contributed by atoms with Crippen LogP contribution in [0.25, 0.3) is 0 Å². The molecule has 0 spiro atoms. The molecule has 0 aliphatic heterocycles. The first kappa shape index (κ1) is 17.9. The normalized spacial score (nSPS) is 13.0. The highest BCUT2D eigenvalue weighted by molar-refractivity contribution is 7.89. The summed E-state index contributed by atoms with van der Waals surface area (Å²) in [6.45, 7) is 3.93. The minimum absolute atomic E-state index is 0.185. The van der Waals surface area contributed by atoms with Crippen molar-refractivity contribution in [3.63, 3.8) is 0 Å². The molecule has 126 valence electrons. The molecule has 7 heteroatoms. The van der Waals surface area contributed by atoms with Crippen LogP contribution in [0.15, 0.2) is 35.2 Å². The van der Waals surface area contributed by atoms with E-state index in [0.717, 1.165) is 9.75 Å². The van der Waals surface area contributed by atoms with Crippen LogP contribution in [0.4, 0.5) is 0 Å². The van der Waals surface area contributed by atoms with E-state index in [1.54, 1.807) is 50.7 Å². The second-order valence-electron chi connectivity index (χ2n) is 5.16. The average molecular weight is 355 g/mol. The van der Waals surface area contributed by atoms with Crippen LogP contribution in [0.3, 0.4) is 0 Å². The fourth-order valence-electron chi connectivity index (χ4n) is 2.24. The second kappa shape index (κ2) is 7.44. The van der Waals surface area contributed by atoms with E-state index in [-0.39, 0.29) is 17.5 Å². The second-order valence-corrected chi connectivity index (χ2v) is 8.21. The van der Waals surface area contributed by atoms with Crippen molar-refractivity contribution < 1.29 is 17.9 Å². The molecule has 0 radical (unpaired) electrons. The fraction of sp³-hybridized carbons (Fsp3) is 0.375. The average Bonchev–Trinajstić information content (AvgIpc) is 2.93. The van der Waals surface area contributed by atoms with Crippen LogP contribution < -0.4 is 9.46 Å².